The summed E-state index contributed by atoms with van der Waals surface area (Å²) in [5.74, 6) is 0. The Morgan fingerprint density at radius 2 is 1.72 bits per heavy atom. The molecule has 1 aliphatic rings. The van der Waals surface area contributed by atoms with E-state index in [1.54, 1.807) is 0 Å². The highest BCUT2D eigenvalue weighted by molar-refractivity contribution is 7.87. The second-order valence-electron chi connectivity index (χ2n) is 3.51. The fourth-order valence-electron chi connectivity index (χ4n) is 1.36. The normalized spacial score (nSPS) is 24.2. The van der Waals surface area contributed by atoms with E-state index in [0.717, 1.165) is 0 Å². The summed E-state index contributed by atoms with van der Waals surface area (Å²) in [6.45, 7) is -0.0906. The summed E-state index contributed by atoms with van der Waals surface area (Å²) in [6.07, 6.45) is -10.2. The zero-order valence-corrected chi connectivity index (χ0v) is 9.40. The maximum atomic E-state index is 12.5. The van der Waals surface area contributed by atoms with Crippen molar-refractivity contribution in [3.05, 3.63) is 0 Å². The summed E-state index contributed by atoms with van der Waals surface area (Å²) in [5.41, 5.74) is -5.91. The van der Waals surface area contributed by atoms with E-state index in [1.165, 1.54) is 0 Å². The molecule has 0 bridgehead atoms. The smallest absolute Gasteiger partial charge is 0.375 e. The van der Waals surface area contributed by atoms with Gasteiger partial charge in [-0.2, -0.15) is 34.8 Å². The summed E-state index contributed by atoms with van der Waals surface area (Å²) >= 11 is 0. The molecule has 0 aromatic rings. The summed E-state index contributed by atoms with van der Waals surface area (Å²) < 4.78 is 102. The fourth-order valence-corrected chi connectivity index (χ4v) is 1.97. The van der Waals surface area contributed by atoms with Crippen LogP contribution in [0.1, 0.15) is 12.8 Å². The summed E-state index contributed by atoms with van der Waals surface area (Å²) in [6, 6.07) is 0. The second kappa shape index (κ2) is 4.85. The van der Waals surface area contributed by atoms with Crippen LogP contribution >= 0.6 is 0 Å². The fraction of sp³-hybridized carbons (Fsp3) is 1.00. The van der Waals surface area contributed by atoms with Crippen molar-refractivity contribution >= 4 is 10.1 Å². The van der Waals surface area contributed by atoms with Crippen molar-refractivity contribution < 1.29 is 43.7 Å². The lowest BCUT2D eigenvalue weighted by atomic mass is 10.1. The van der Waals surface area contributed by atoms with Gasteiger partial charge in [0.1, 0.15) is 0 Å². The minimum absolute atomic E-state index is 0.0906. The van der Waals surface area contributed by atoms with Crippen LogP contribution in [0.5, 0.6) is 0 Å². The zero-order valence-electron chi connectivity index (χ0n) is 8.59. The van der Waals surface area contributed by atoms with Gasteiger partial charge in [-0.3, -0.25) is 0 Å². The molecule has 0 radical (unpaired) electrons. The molecule has 4 nitrogen and oxygen atoms in total. The van der Waals surface area contributed by atoms with Gasteiger partial charge in [-0.05, 0) is 12.8 Å². The van der Waals surface area contributed by atoms with Gasteiger partial charge in [0.15, 0.2) is 6.10 Å². The van der Waals surface area contributed by atoms with Crippen LogP contribution in [0.15, 0.2) is 0 Å². The largest absolute Gasteiger partial charge is 0.523 e. The first-order valence-electron chi connectivity index (χ1n) is 4.63. The Bertz CT molecular complexity index is 380. The molecule has 1 heterocycles. The van der Waals surface area contributed by atoms with E-state index < -0.39 is 34.0 Å². The summed E-state index contributed by atoms with van der Waals surface area (Å²) in [5, 5.41) is 0. The van der Waals surface area contributed by atoms with Crippen LogP contribution < -0.4 is 0 Å². The van der Waals surface area contributed by atoms with Gasteiger partial charge in [-0.15, -0.1) is 0 Å². The van der Waals surface area contributed by atoms with Crippen molar-refractivity contribution in [2.45, 2.75) is 36.7 Å². The molecule has 0 aliphatic carbocycles. The maximum absolute atomic E-state index is 12.5. The predicted octanol–water partition coefficient (Wildman–Crippen LogP) is 1.96. The molecule has 11 heteroatoms. The molecule has 1 aliphatic heterocycles. The van der Waals surface area contributed by atoms with Crippen molar-refractivity contribution in [2.24, 2.45) is 0 Å². The van der Waals surface area contributed by atoms with Gasteiger partial charge >= 0.3 is 21.8 Å². The second-order valence-corrected chi connectivity index (χ2v) is 5.07. The van der Waals surface area contributed by atoms with Gasteiger partial charge < -0.3 is 4.74 Å². The standard InChI is InChI=1S/C7H8F6O4S/c8-6(9,10)5(4-2-1-3-16-4)17-18(14,15)7(11,12)13/h4-5H,1-3H2/t4-,5-/m0/s1. The molecule has 0 unspecified atom stereocenters. The lowest BCUT2D eigenvalue weighted by Crippen LogP contribution is -2.45. The number of alkyl halides is 6. The van der Waals surface area contributed by atoms with Crippen LogP contribution in [-0.2, 0) is 19.0 Å². The lowest BCUT2D eigenvalue weighted by Gasteiger charge is -2.25. The van der Waals surface area contributed by atoms with Crippen molar-refractivity contribution in [3.8, 4) is 0 Å². The van der Waals surface area contributed by atoms with Crippen LogP contribution in [0.3, 0.4) is 0 Å². The Kier molecular flexibility index (Phi) is 4.18. The van der Waals surface area contributed by atoms with Crippen molar-refractivity contribution in [1.29, 1.82) is 0 Å². The Morgan fingerprint density at radius 1 is 1.17 bits per heavy atom. The van der Waals surface area contributed by atoms with Gasteiger partial charge in [0, 0.05) is 6.61 Å². The van der Waals surface area contributed by atoms with E-state index in [4.69, 9.17) is 0 Å². The molecule has 0 aromatic carbocycles. The van der Waals surface area contributed by atoms with Crippen molar-refractivity contribution in [2.75, 3.05) is 6.61 Å². The van der Waals surface area contributed by atoms with E-state index in [9.17, 15) is 34.8 Å². The molecule has 0 spiro atoms. The molecule has 0 saturated carbocycles. The van der Waals surface area contributed by atoms with Gasteiger partial charge in [-0.1, -0.05) is 0 Å². The van der Waals surface area contributed by atoms with Crippen molar-refractivity contribution in [3.63, 3.8) is 0 Å². The average molecular weight is 302 g/mol. The summed E-state index contributed by atoms with van der Waals surface area (Å²) in [7, 11) is -6.32. The molecule has 2 atom stereocenters. The van der Waals surface area contributed by atoms with E-state index in [0.29, 0.717) is 0 Å². The Balaban J connectivity index is 2.93. The first-order chi connectivity index (χ1) is 7.95. The van der Waals surface area contributed by atoms with E-state index >= 15 is 0 Å². The van der Waals surface area contributed by atoms with Gasteiger partial charge in [-0.25, -0.2) is 4.18 Å². The van der Waals surface area contributed by atoms with Crippen molar-refractivity contribution in [1.82, 2.24) is 0 Å². The molecule has 0 amide bonds. The molecular formula is C7H8F6O4S. The maximum Gasteiger partial charge on any atom is 0.523 e. The van der Waals surface area contributed by atoms with Crippen LogP contribution in [0.25, 0.3) is 0 Å². The van der Waals surface area contributed by atoms with Crippen LogP contribution in [0.2, 0.25) is 0 Å². The first-order valence-corrected chi connectivity index (χ1v) is 6.04. The van der Waals surface area contributed by atoms with Crippen LogP contribution in [0, 0.1) is 0 Å². The minimum Gasteiger partial charge on any atom is -0.375 e. The van der Waals surface area contributed by atoms with Gasteiger partial charge in [0.2, 0.25) is 0 Å². The minimum atomic E-state index is -6.32. The first kappa shape index (κ1) is 15.5. The van der Waals surface area contributed by atoms with Crippen LogP contribution in [-0.4, -0.2) is 38.9 Å². The monoisotopic (exact) mass is 302 g/mol. The SMILES string of the molecule is O=S(=O)(O[C@@H]([C@@H]1CCCO1)C(F)(F)F)C(F)(F)F. The number of hydrogen-bond acceptors (Lipinski definition) is 4. The molecule has 108 valence electrons. The molecule has 1 saturated heterocycles. The predicted molar refractivity (Wildman–Crippen MR) is 44.9 cm³/mol. The third-order valence-electron chi connectivity index (χ3n) is 2.14. The Labute approximate surface area is 98.0 Å². The quantitative estimate of drug-likeness (QED) is 0.454. The van der Waals surface area contributed by atoms with E-state index in [-0.39, 0.29) is 19.4 Å². The molecule has 1 rings (SSSR count). The molecule has 0 N–H and O–H groups in total. The molecule has 18 heavy (non-hydrogen) atoms. The van der Waals surface area contributed by atoms with E-state index in [1.807, 2.05) is 0 Å². The topological polar surface area (TPSA) is 52.6 Å². The molecule has 1 fully saturated rings. The van der Waals surface area contributed by atoms with Gasteiger partial charge in [0.25, 0.3) is 0 Å². The highest BCUT2D eigenvalue weighted by atomic mass is 32.2. The number of ether oxygens (including phenoxy) is 1. The number of rotatable bonds is 3. The molecule has 0 aromatic heterocycles. The third kappa shape index (κ3) is 3.48. The molecular weight excluding hydrogens is 294 g/mol. The zero-order chi connectivity index (χ0) is 14.2. The summed E-state index contributed by atoms with van der Waals surface area (Å²) in [4.78, 5) is 0. The Morgan fingerprint density at radius 3 is 2.06 bits per heavy atom. The third-order valence-corrected chi connectivity index (χ3v) is 3.17. The Hall–Kier alpha value is -0.550. The van der Waals surface area contributed by atoms with Gasteiger partial charge in [0.05, 0.1) is 6.10 Å². The number of hydrogen-bond donors (Lipinski definition) is 0. The number of halogens is 6. The van der Waals surface area contributed by atoms with Crippen LogP contribution in [0.4, 0.5) is 26.3 Å². The highest BCUT2D eigenvalue weighted by Crippen LogP contribution is 2.35. The van der Waals surface area contributed by atoms with E-state index in [2.05, 4.69) is 8.92 Å². The lowest BCUT2D eigenvalue weighted by molar-refractivity contribution is -0.223. The highest BCUT2D eigenvalue weighted by Gasteiger charge is 2.56. The average Bonchev–Trinajstić information content (AvgIpc) is 2.62.